The zero-order valence-corrected chi connectivity index (χ0v) is 21.5. The number of alkyl halides is 4. The van der Waals surface area contributed by atoms with Crippen LogP contribution in [-0.4, -0.2) is 79.2 Å². The van der Waals surface area contributed by atoms with E-state index >= 15 is 0 Å². The molecule has 2 saturated heterocycles. The Morgan fingerprint density at radius 2 is 1.68 bits per heavy atom. The lowest BCUT2D eigenvalue weighted by atomic mass is 10.0. The topological polar surface area (TPSA) is 131 Å². The largest absolute Gasteiger partial charge is 0.465 e. The molecule has 1 aromatic carbocycles. The molecule has 9 nitrogen and oxygen atoms in total. The second-order valence-electron chi connectivity index (χ2n) is 10.2. The molecule has 4 fully saturated rings. The highest BCUT2D eigenvalue weighted by Crippen LogP contribution is 2.40. The number of sulfone groups is 1. The number of amides is 2. The van der Waals surface area contributed by atoms with Crippen LogP contribution < -0.4 is 10.2 Å². The van der Waals surface area contributed by atoms with Gasteiger partial charge in [-0.1, -0.05) is 11.6 Å². The summed E-state index contributed by atoms with van der Waals surface area (Å²) in [6.07, 6.45) is 0.780. The lowest BCUT2D eigenvalue weighted by Crippen LogP contribution is -2.59. The van der Waals surface area contributed by atoms with Crippen LogP contribution in [-0.2, 0) is 14.6 Å². The number of benzene rings is 1. The van der Waals surface area contributed by atoms with Crippen molar-refractivity contribution in [2.24, 2.45) is 5.92 Å². The lowest BCUT2D eigenvalue weighted by Gasteiger charge is -2.40. The minimum atomic E-state index is -3.84. The second-order valence-corrected chi connectivity index (χ2v) is 12.8. The van der Waals surface area contributed by atoms with Gasteiger partial charge in [0, 0.05) is 11.6 Å². The first kappa shape index (κ1) is 28.2. The van der Waals surface area contributed by atoms with E-state index in [9.17, 15) is 35.6 Å². The van der Waals surface area contributed by atoms with Gasteiger partial charge >= 0.3 is 6.09 Å². The average Bonchev–Trinajstić information content (AvgIpc) is 3.36. The van der Waals surface area contributed by atoms with Crippen LogP contribution in [0.5, 0.6) is 0 Å². The van der Waals surface area contributed by atoms with Crippen molar-refractivity contribution in [2.75, 3.05) is 31.1 Å². The summed E-state index contributed by atoms with van der Waals surface area (Å²) in [5.74, 6) is -6.67. The van der Waals surface area contributed by atoms with E-state index in [0.717, 1.165) is 4.90 Å². The van der Waals surface area contributed by atoms with Crippen LogP contribution in [0.4, 0.5) is 28.0 Å². The zero-order chi connectivity index (χ0) is 28.1. The molecule has 2 aliphatic carbocycles. The summed E-state index contributed by atoms with van der Waals surface area (Å²) in [6, 6.07) is 5.98. The number of halogens is 5. The smallest absolute Gasteiger partial charge is 0.405 e. The molecule has 2 atom stereocenters. The summed E-state index contributed by atoms with van der Waals surface area (Å²) in [4.78, 5) is 24.6. The number of hydrogen-bond acceptors (Lipinski definition) is 6. The molecular formula is C23H25ClF4N4O5S. The number of nitriles is 1. The Morgan fingerprint density at radius 3 is 2.13 bits per heavy atom. The fourth-order valence-corrected chi connectivity index (χ4v) is 7.14. The molecule has 5 rings (SSSR count). The number of hydrogen-bond donors (Lipinski definition) is 2. The van der Waals surface area contributed by atoms with E-state index in [-0.39, 0.29) is 22.8 Å². The Bertz CT molecular complexity index is 1270. The summed E-state index contributed by atoms with van der Waals surface area (Å²) in [5, 5.41) is 17.7. The molecular weight excluding hydrogens is 556 g/mol. The van der Waals surface area contributed by atoms with Crippen LogP contribution in [0.3, 0.4) is 0 Å². The Hall–Kier alpha value is -2.79. The molecule has 0 bridgehead atoms. The molecule has 2 aliphatic heterocycles. The van der Waals surface area contributed by atoms with Gasteiger partial charge in [-0.15, -0.1) is 0 Å². The van der Waals surface area contributed by atoms with E-state index in [0.29, 0.717) is 24.9 Å². The number of carboxylic acid groups (broad SMARTS) is 1. The summed E-state index contributed by atoms with van der Waals surface area (Å²) >= 11 is 6.15. The first-order valence-electron chi connectivity index (χ1n) is 11.8. The van der Waals surface area contributed by atoms with E-state index in [1.165, 1.54) is 23.1 Å². The van der Waals surface area contributed by atoms with Crippen molar-refractivity contribution in [1.29, 1.82) is 5.26 Å². The highest BCUT2D eigenvalue weighted by Gasteiger charge is 2.50. The summed E-state index contributed by atoms with van der Waals surface area (Å²) in [7, 11) is -3.84. The monoisotopic (exact) mass is 580 g/mol. The number of carbonyl (C=O) groups is 2. The van der Waals surface area contributed by atoms with Crippen LogP contribution in [0, 0.1) is 17.2 Å². The normalized spacial score (nSPS) is 26.1. The maximum atomic E-state index is 13.0. The van der Waals surface area contributed by atoms with Gasteiger partial charge in [-0.25, -0.2) is 30.8 Å². The van der Waals surface area contributed by atoms with Crippen LogP contribution in [0.25, 0.3) is 0 Å². The maximum Gasteiger partial charge on any atom is 0.405 e. The molecule has 4 aliphatic rings. The van der Waals surface area contributed by atoms with E-state index in [1.807, 2.05) is 6.07 Å². The zero-order valence-electron chi connectivity index (χ0n) is 20.0. The van der Waals surface area contributed by atoms with Crippen molar-refractivity contribution >= 4 is 39.1 Å². The minimum Gasteiger partial charge on any atom is -0.465 e. The number of carbonyl (C=O) groups excluding carboxylic acids is 1. The average molecular weight is 581 g/mol. The van der Waals surface area contributed by atoms with Crippen molar-refractivity contribution in [2.45, 2.75) is 59.6 Å². The highest BCUT2D eigenvalue weighted by molar-refractivity contribution is 7.92. The molecule has 1 aromatic rings. The first-order valence-corrected chi connectivity index (χ1v) is 13.7. The van der Waals surface area contributed by atoms with Crippen molar-refractivity contribution < 1.29 is 40.7 Å². The van der Waals surface area contributed by atoms with Gasteiger partial charge < -0.3 is 20.2 Å². The van der Waals surface area contributed by atoms with Crippen LogP contribution in [0.15, 0.2) is 23.1 Å². The fourth-order valence-electron chi connectivity index (χ4n) is 4.76. The van der Waals surface area contributed by atoms with E-state index in [1.54, 1.807) is 0 Å². The van der Waals surface area contributed by atoms with Crippen molar-refractivity contribution in [3.8, 4) is 6.07 Å². The summed E-state index contributed by atoms with van der Waals surface area (Å²) in [6.45, 7) is -2.14. The van der Waals surface area contributed by atoms with Gasteiger partial charge in [0.25, 0.3) is 11.8 Å². The summed E-state index contributed by atoms with van der Waals surface area (Å²) in [5.41, 5.74) is -0.315. The van der Waals surface area contributed by atoms with Crippen molar-refractivity contribution in [3.63, 3.8) is 0 Å². The molecule has 0 spiro atoms. The Morgan fingerprint density at radius 1 is 1.08 bits per heavy atom. The van der Waals surface area contributed by atoms with E-state index in [4.69, 9.17) is 22.0 Å². The van der Waals surface area contributed by atoms with Gasteiger partial charge in [0.05, 0.1) is 47.4 Å². The Balaban J connectivity index is 0.000000317. The first-order chi connectivity index (χ1) is 17.6. The second kappa shape index (κ2) is 9.75. The van der Waals surface area contributed by atoms with Gasteiger partial charge in [0.15, 0.2) is 9.84 Å². The molecule has 2 amide bonds. The van der Waals surface area contributed by atoms with Gasteiger partial charge in [0.2, 0.25) is 5.91 Å². The highest BCUT2D eigenvalue weighted by atomic mass is 35.5. The van der Waals surface area contributed by atoms with E-state index in [2.05, 4.69) is 5.32 Å². The summed E-state index contributed by atoms with van der Waals surface area (Å²) < 4.78 is 78.0. The molecule has 0 aromatic heterocycles. The van der Waals surface area contributed by atoms with Crippen molar-refractivity contribution in [3.05, 3.63) is 23.2 Å². The number of likely N-dealkylation sites (tertiary alicyclic amines) is 1. The van der Waals surface area contributed by atoms with Gasteiger partial charge in [-0.3, -0.25) is 4.79 Å². The van der Waals surface area contributed by atoms with Gasteiger partial charge in [-0.05, 0) is 50.3 Å². The molecule has 2 saturated carbocycles. The standard InChI is InChI=1S/C18H19ClF4N2O3S.C5H6N2O2/c19-14-6-12(24-7-17(20,21)8-24)2-4-15(14)29(27,28)13-3-1-11(5-13)16(26)25-9-18(22,23)10-25;6-3-5(1-2-5)7-4(8)9/h2,4,6,11,13H,1,3,5,7-10H2;7H,1-2H2,(H,8,9)/t11-,13-;/m1./s1. The number of nitrogens with one attached hydrogen (secondary N) is 1. The van der Waals surface area contributed by atoms with Crippen LogP contribution in [0.2, 0.25) is 5.02 Å². The Kier molecular flexibility index (Phi) is 7.24. The van der Waals surface area contributed by atoms with Crippen LogP contribution in [0.1, 0.15) is 32.1 Å². The number of anilines is 1. The molecule has 15 heteroatoms. The lowest BCUT2D eigenvalue weighted by molar-refractivity contribution is -0.169. The number of nitrogens with zero attached hydrogens (tertiary/aromatic N) is 3. The third kappa shape index (κ3) is 5.93. The maximum absolute atomic E-state index is 13.0. The number of rotatable bonds is 5. The SMILES string of the molecule is N#CC1(NC(=O)O)CC1.O=C([C@@H]1CC[C@@H](S(=O)(=O)c2ccc(N3CC(F)(F)C3)cc2Cl)C1)N1CC(F)(F)C1. The quantitative estimate of drug-likeness (QED) is 0.510. The van der Waals surface area contributed by atoms with E-state index < -0.39 is 76.6 Å². The molecule has 38 heavy (non-hydrogen) atoms. The molecule has 0 unspecified atom stereocenters. The minimum absolute atomic E-state index is 0.0552. The fraction of sp³-hybridized carbons (Fsp3) is 0.609. The van der Waals surface area contributed by atoms with Crippen LogP contribution >= 0.6 is 11.6 Å². The predicted molar refractivity (Wildman–Crippen MR) is 127 cm³/mol. The molecule has 208 valence electrons. The molecule has 0 radical (unpaired) electrons. The third-order valence-electron chi connectivity index (χ3n) is 7.07. The predicted octanol–water partition coefficient (Wildman–Crippen LogP) is 3.53. The van der Waals surface area contributed by atoms with Gasteiger partial charge in [-0.2, -0.15) is 5.26 Å². The van der Waals surface area contributed by atoms with Crippen molar-refractivity contribution in [1.82, 2.24) is 10.2 Å². The Labute approximate surface area is 221 Å². The molecule has 2 N–H and O–H groups in total. The van der Waals surface area contributed by atoms with Gasteiger partial charge in [0.1, 0.15) is 5.54 Å². The molecule has 2 heterocycles. The third-order valence-corrected chi connectivity index (χ3v) is 9.77.